The first-order valence-corrected chi connectivity index (χ1v) is 4.53. The molecule has 0 radical (unpaired) electrons. The van der Waals surface area contributed by atoms with Gasteiger partial charge >= 0.3 is 0 Å². The Morgan fingerprint density at radius 1 is 1.25 bits per heavy atom. The van der Waals surface area contributed by atoms with Crippen LogP contribution in [0, 0.1) is 0 Å². The minimum Gasteiger partial charge on any atom is -0.460 e. The van der Waals surface area contributed by atoms with Crippen molar-refractivity contribution in [1.82, 2.24) is 0 Å². The Balaban J connectivity index is 2.29. The van der Waals surface area contributed by atoms with Crippen LogP contribution in [0.2, 0.25) is 0 Å². The number of hydrogen-bond donors (Lipinski definition) is 0. The van der Waals surface area contributed by atoms with Crippen LogP contribution in [0.3, 0.4) is 0 Å². The smallest absolute Gasteiger partial charge is 0.131 e. The molecule has 3 rings (SSSR count). The second kappa shape index (κ2) is 1.68. The molecule has 0 aromatic carbocycles. The van der Waals surface area contributed by atoms with E-state index >= 15 is 0 Å². The molecule has 0 saturated heterocycles. The van der Waals surface area contributed by atoms with Gasteiger partial charge in [-0.1, -0.05) is 5.57 Å². The van der Waals surface area contributed by atoms with E-state index < -0.39 is 0 Å². The summed E-state index contributed by atoms with van der Waals surface area (Å²) in [5.74, 6) is 2.24. The molecule has 0 spiro atoms. The van der Waals surface area contributed by atoms with Crippen LogP contribution in [0.25, 0.3) is 5.57 Å². The quantitative estimate of drug-likeness (QED) is 0.568. The van der Waals surface area contributed by atoms with E-state index in [0.717, 1.165) is 11.5 Å². The Kier molecular flexibility index (Phi) is 0.914. The molecule has 1 saturated carbocycles. The number of furan rings is 1. The zero-order chi connectivity index (χ0) is 8.34. The zero-order valence-corrected chi connectivity index (χ0v) is 7.48. The van der Waals surface area contributed by atoms with Gasteiger partial charge in [0, 0.05) is 5.57 Å². The molecule has 1 aromatic heterocycles. The Morgan fingerprint density at radius 2 is 2.00 bits per heavy atom. The molecule has 1 fully saturated rings. The average Bonchev–Trinajstić information content (AvgIpc) is 2.61. The van der Waals surface area contributed by atoms with Crippen molar-refractivity contribution >= 4 is 5.57 Å². The van der Waals surface area contributed by atoms with Gasteiger partial charge in [-0.05, 0) is 38.8 Å². The van der Waals surface area contributed by atoms with E-state index in [4.69, 9.17) is 4.42 Å². The summed E-state index contributed by atoms with van der Waals surface area (Å²) in [5.41, 5.74) is 3.24. The maximum atomic E-state index is 5.67. The van der Waals surface area contributed by atoms with Gasteiger partial charge in [0.1, 0.15) is 11.5 Å². The lowest BCUT2D eigenvalue weighted by molar-refractivity contribution is 0.491. The van der Waals surface area contributed by atoms with Gasteiger partial charge in [-0.3, -0.25) is 0 Å². The fourth-order valence-electron chi connectivity index (χ4n) is 2.17. The molecule has 0 unspecified atom stereocenters. The van der Waals surface area contributed by atoms with Crippen LogP contribution in [-0.4, -0.2) is 0 Å². The molecule has 2 heterocycles. The lowest BCUT2D eigenvalue weighted by atomic mass is 9.79. The van der Waals surface area contributed by atoms with Gasteiger partial charge in [0.15, 0.2) is 0 Å². The van der Waals surface area contributed by atoms with Crippen molar-refractivity contribution in [2.45, 2.75) is 32.1 Å². The summed E-state index contributed by atoms with van der Waals surface area (Å²) in [6.45, 7) is 4.50. The normalized spacial score (nSPS) is 23.5. The SMILES string of the molecule is CC1(C)C(=C2CC2)c2ccc1o2. The Morgan fingerprint density at radius 3 is 2.50 bits per heavy atom. The Hall–Kier alpha value is -0.980. The van der Waals surface area contributed by atoms with Gasteiger partial charge in [-0.25, -0.2) is 0 Å². The van der Waals surface area contributed by atoms with E-state index in [9.17, 15) is 0 Å². The van der Waals surface area contributed by atoms with Crippen LogP contribution in [0.1, 0.15) is 38.2 Å². The van der Waals surface area contributed by atoms with Crippen molar-refractivity contribution in [3.63, 3.8) is 0 Å². The molecular formula is C11H12O. The lowest BCUT2D eigenvalue weighted by Crippen LogP contribution is -2.15. The summed E-state index contributed by atoms with van der Waals surface area (Å²) in [5, 5.41) is 0. The van der Waals surface area contributed by atoms with Gasteiger partial charge in [-0.2, -0.15) is 0 Å². The predicted molar refractivity (Wildman–Crippen MR) is 47.9 cm³/mol. The third-order valence-electron chi connectivity index (χ3n) is 2.95. The highest BCUT2D eigenvalue weighted by Crippen LogP contribution is 2.52. The van der Waals surface area contributed by atoms with E-state index in [-0.39, 0.29) is 5.41 Å². The number of allylic oxidation sites excluding steroid dienone is 2. The second-order valence-electron chi connectivity index (χ2n) is 4.27. The van der Waals surface area contributed by atoms with Gasteiger partial charge in [0.05, 0.1) is 5.41 Å². The topological polar surface area (TPSA) is 13.1 Å². The van der Waals surface area contributed by atoms with Crippen LogP contribution in [0.5, 0.6) is 0 Å². The largest absolute Gasteiger partial charge is 0.460 e. The molecule has 62 valence electrons. The van der Waals surface area contributed by atoms with Crippen molar-refractivity contribution in [2.24, 2.45) is 0 Å². The van der Waals surface area contributed by atoms with E-state index in [0.29, 0.717) is 0 Å². The van der Waals surface area contributed by atoms with Crippen molar-refractivity contribution in [3.8, 4) is 0 Å². The van der Waals surface area contributed by atoms with Crippen LogP contribution >= 0.6 is 0 Å². The van der Waals surface area contributed by atoms with Crippen LogP contribution in [-0.2, 0) is 5.41 Å². The highest BCUT2D eigenvalue weighted by atomic mass is 16.3. The van der Waals surface area contributed by atoms with Crippen molar-refractivity contribution < 1.29 is 4.42 Å². The molecule has 0 atom stereocenters. The molecule has 1 aliphatic carbocycles. The third-order valence-corrected chi connectivity index (χ3v) is 2.95. The fraction of sp³-hybridized carbons (Fsp3) is 0.455. The number of fused-ring (bicyclic) bond motifs is 2. The summed E-state index contributed by atoms with van der Waals surface area (Å²) in [4.78, 5) is 0. The molecule has 12 heavy (non-hydrogen) atoms. The summed E-state index contributed by atoms with van der Waals surface area (Å²) < 4.78 is 5.67. The van der Waals surface area contributed by atoms with Gasteiger partial charge in [0.25, 0.3) is 0 Å². The predicted octanol–water partition coefficient (Wildman–Crippen LogP) is 3.12. The van der Waals surface area contributed by atoms with E-state index in [1.165, 1.54) is 18.4 Å². The van der Waals surface area contributed by atoms with Gasteiger partial charge in [-0.15, -0.1) is 0 Å². The van der Waals surface area contributed by atoms with Crippen molar-refractivity contribution in [2.75, 3.05) is 0 Å². The molecule has 1 aliphatic heterocycles. The van der Waals surface area contributed by atoms with Gasteiger partial charge in [0.2, 0.25) is 0 Å². The molecule has 2 aliphatic rings. The molecule has 1 heteroatoms. The molecular weight excluding hydrogens is 148 g/mol. The molecule has 1 nitrogen and oxygen atoms in total. The van der Waals surface area contributed by atoms with Crippen LogP contribution < -0.4 is 0 Å². The van der Waals surface area contributed by atoms with E-state index in [2.05, 4.69) is 26.0 Å². The Bertz CT molecular complexity index is 373. The minimum atomic E-state index is 0.163. The summed E-state index contributed by atoms with van der Waals surface area (Å²) in [6, 6.07) is 4.20. The first-order valence-electron chi connectivity index (χ1n) is 4.53. The number of hydrogen-bond acceptors (Lipinski definition) is 1. The first-order chi connectivity index (χ1) is 5.69. The third kappa shape index (κ3) is 0.603. The minimum absolute atomic E-state index is 0.163. The van der Waals surface area contributed by atoms with E-state index in [1.54, 1.807) is 5.57 Å². The summed E-state index contributed by atoms with van der Waals surface area (Å²) >= 11 is 0. The lowest BCUT2D eigenvalue weighted by Gasteiger charge is -2.19. The molecule has 1 aromatic rings. The molecule has 2 bridgehead atoms. The average molecular weight is 160 g/mol. The van der Waals surface area contributed by atoms with Crippen LogP contribution in [0.15, 0.2) is 22.1 Å². The van der Waals surface area contributed by atoms with E-state index in [1.807, 2.05) is 0 Å². The standard InChI is InChI=1S/C11H12O/c1-11(2)9-6-5-8(12-9)10(11)7-3-4-7/h5-6H,3-4H2,1-2H3. The fourth-order valence-corrected chi connectivity index (χ4v) is 2.17. The molecule has 0 N–H and O–H groups in total. The van der Waals surface area contributed by atoms with Crippen molar-refractivity contribution in [1.29, 1.82) is 0 Å². The van der Waals surface area contributed by atoms with Gasteiger partial charge < -0.3 is 4.42 Å². The monoisotopic (exact) mass is 160 g/mol. The first kappa shape index (κ1) is 6.53. The summed E-state index contributed by atoms with van der Waals surface area (Å²) in [6.07, 6.45) is 2.57. The molecule has 0 amide bonds. The maximum absolute atomic E-state index is 5.67. The summed E-state index contributed by atoms with van der Waals surface area (Å²) in [7, 11) is 0. The van der Waals surface area contributed by atoms with Crippen molar-refractivity contribution in [3.05, 3.63) is 29.2 Å². The highest BCUT2D eigenvalue weighted by Gasteiger charge is 2.41. The van der Waals surface area contributed by atoms with Crippen LogP contribution in [0.4, 0.5) is 0 Å². The maximum Gasteiger partial charge on any atom is 0.131 e. The highest BCUT2D eigenvalue weighted by molar-refractivity contribution is 5.79. The Labute approximate surface area is 72.1 Å². The second-order valence-corrected chi connectivity index (χ2v) is 4.27. The zero-order valence-electron chi connectivity index (χ0n) is 7.48. The number of rotatable bonds is 0.